The third-order valence-corrected chi connectivity index (χ3v) is 3.46. The summed E-state index contributed by atoms with van der Waals surface area (Å²) in [6, 6.07) is 6.57. The molecule has 0 heterocycles. The number of carbonyl (C=O) groups excluding carboxylic acids is 1. The van der Waals surface area contributed by atoms with Crippen molar-refractivity contribution in [2.24, 2.45) is 0 Å². The number of carbonyl (C=O) groups is 1. The fourth-order valence-electron chi connectivity index (χ4n) is 2.09. The highest BCUT2D eigenvalue weighted by molar-refractivity contribution is 5.87. The van der Waals surface area contributed by atoms with Crippen LogP contribution in [-0.4, -0.2) is 12.5 Å². The van der Waals surface area contributed by atoms with Crippen molar-refractivity contribution in [1.29, 1.82) is 0 Å². The van der Waals surface area contributed by atoms with Gasteiger partial charge in [0, 0.05) is 18.0 Å². The van der Waals surface area contributed by atoms with Crippen molar-refractivity contribution < 1.29 is 9.18 Å². The quantitative estimate of drug-likeness (QED) is 0.639. The van der Waals surface area contributed by atoms with E-state index in [-0.39, 0.29) is 17.1 Å². The van der Waals surface area contributed by atoms with Crippen molar-refractivity contribution in [3.8, 4) is 0 Å². The van der Waals surface area contributed by atoms with Crippen LogP contribution in [0, 0.1) is 5.82 Å². The van der Waals surface area contributed by atoms with Gasteiger partial charge in [-0.15, -0.1) is 0 Å². The largest absolute Gasteiger partial charge is 0.352 e. The first-order valence-corrected chi connectivity index (χ1v) is 6.49. The molecule has 1 aromatic carbocycles. The predicted molar refractivity (Wildman–Crippen MR) is 74.3 cm³/mol. The van der Waals surface area contributed by atoms with Gasteiger partial charge in [-0.1, -0.05) is 30.4 Å². The molecule has 2 nitrogen and oxygen atoms in total. The molecule has 2 rings (SSSR count). The molecule has 100 valence electrons. The van der Waals surface area contributed by atoms with Crippen LogP contribution in [0.25, 0.3) is 0 Å². The van der Waals surface area contributed by atoms with Gasteiger partial charge in [-0.05, 0) is 37.5 Å². The molecule has 1 N–H and O–H groups in total. The zero-order chi connectivity index (χ0) is 13.7. The van der Waals surface area contributed by atoms with E-state index in [1.54, 1.807) is 6.08 Å². The average Bonchev–Trinajstić information content (AvgIpc) is 3.19. The molecule has 0 radical (unpaired) electrons. The summed E-state index contributed by atoms with van der Waals surface area (Å²) in [6.07, 6.45) is 8.99. The summed E-state index contributed by atoms with van der Waals surface area (Å²) in [5, 5.41) is 2.90. The van der Waals surface area contributed by atoms with Gasteiger partial charge in [-0.2, -0.15) is 0 Å². The minimum Gasteiger partial charge on any atom is -0.352 e. The first-order valence-electron chi connectivity index (χ1n) is 6.49. The number of amides is 1. The lowest BCUT2D eigenvalue weighted by atomic mass is 9.96. The van der Waals surface area contributed by atoms with Gasteiger partial charge in [0.2, 0.25) is 5.91 Å². The fourth-order valence-corrected chi connectivity index (χ4v) is 2.09. The highest BCUT2D eigenvalue weighted by atomic mass is 19.1. The van der Waals surface area contributed by atoms with E-state index in [9.17, 15) is 9.18 Å². The Bertz CT molecular complexity index is 498. The maximum Gasteiger partial charge on any atom is 0.244 e. The molecule has 1 aromatic rings. The molecule has 1 aliphatic carbocycles. The standard InChI is InChI=1S/C16H18FNO/c1-2-3-4-5-15(19)18-12-16(10-11-16)13-6-8-14(17)9-7-13/h2-9H,10-12H2,1H3,(H,18,19)/b3-2+,5-4+. The molecule has 1 aliphatic rings. The average molecular weight is 259 g/mol. The fraction of sp³-hybridized carbons (Fsp3) is 0.312. The van der Waals surface area contributed by atoms with Gasteiger partial charge in [-0.25, -0.2) is 4.39 Å². The van der Waals surface area contributed by atoms with Crippen molar-refractivity contribution in [3.63, 3.8) is 0 Å². The lowest BCUT2D eigenvalue weighted by Crippen LogP contribution is -2.31. The Morgan fingerprint density at radius 3 is 2.58 bits per heavy atom. The summed E-state index contributed by atoms with van der Waals surface area (Å²) < 4.78 is 12.9. The van der Waals surface area contributed by atoms with Crippen LogP contribution in [0.4, 0.5) is 4.39 Å². The monoisotopic (exact) mass is 259 g/mol. The lowest BCUT2D eigenvalue weighted by Gasteiger charge is -2.15. The first kappa shape index (κ1) is 13.5. The second-order valence-electron chi connectivity index (χ2n) is 4.89. The number of halogens is 1. The highest BCUT2D eigenvalue weighted by Crippen LogP contribution is 2.47. The van der Waals surface area contributed by atoms with Crippen LogP contribution in [0.1, 0.15) is 25.3 Å². The van der Waals surface area contributed by atoms with Crippen LogP contribution in [0.2, 0.25) is 0 Å². The Hall–Kier alpha value is -1.90. The summed E-state index contributed by atoms with van der Waals surface area (Å²) in [4.78, 5) is 11.6. The summed E-state index contributed by atoms with van der Waals surface area (Å²) in [7, 11) is 0. The minimum atomic E-state index is -0.224. The number of rotatable bonds is 5. The van der Waals surface area contributed by atoms with Crippen molar-refractivity contribution in [2.75, 3.05) is 6.54 Å². The Balaban J connectivity index is 1.92. The number of allylic oxidation sites excluding steroid dienone is 3. The van der Waals surface area contributed by atoms with Crippen molar-refractivity contribution >= 4 is 5.91 Å². The summed E-state index contributed by atoms with van der Waals surface area (Å²) in [6.45, 7) is 2.51. The van der Waals surface area contributed by atoms with Crippen LogP contribution in [-0.2, 0) is 10.2 Å². The van der Waals surface area contributed by atoms with E-state index >= 15 is 0 Å². The predicted octanol–water partition coefficient (Wildman–Crippen LogP) is 3.11. The van der Waals surface area contributed by atoms with E-state index in [4.69, 9.17) is 0 Å². The van der Waals surface area contributed by atoms with Gasteiger partial charge < -0.3 is 5.32 Å². The molecule has 0 bridgehead atoms. The van der Waals surface area contributed by atoms with Gasteiger partial charge in [-0.3, -0.25) is 4.79 Å². The number of nitrogens with one attached hydrogen (secondary N) is 1. The molecule has 0 aliphatic heterocycles. The molecule has 1 saturated carbocycles. The molecule has 0 aromatic heterocycles. The number of hydrogen-bond acceptors (Lipinski definition) is 1. The SMILES string of the molecule is C/C=C/C=C/C(=O)NCC1(c2ccc(F)cc2)CC1. The topological polar surface area (TPSA) is 29.1 Å². The summed E-state index contributed by atoms with van der Waals surface area (Å²) in [5.41, 5.74) is 1.12. The summed E-state index contributed by atoms with van der Waals surface area (Å²) >= 11 is 0. The maximum absolute atomic E-state index is 12.9. The second kappa shape index (κ2) is 5.83. The Morgan fingerprint density at radius 1 is 1.32 bits per heavy atom. The van der Waals surface area contributed by atoms with Crippen molar-refractivity contribution in [2.45, 2.75) is 25.2 Å². The number of hydrogen-bond donors (Lipinski definition) is 1. The Labute approximate surface area is 113 Å². The van der Waals surface area contributed by atoms with E-state index in [0.29, 0.717) is 6.54 Å². The van der Waals surface area contributed by atoms with Gasteiger partial charge >= 0.3 is 0 Å². The minimum absolute atomic E-state index is 0.0117. The van der Waals surface area contributed by atoms with Crippen LogP contribution in [0.15, 0.2) is 48.6 Å². The Morgan fingerprint density at radius 2 is 2.00 bits per heavy atom. The zero-order valence-electron chi connectivity index (χ0n) is 11.0. The molecule has 0 spiro atoms. The van der Waals surface area contributed by atoms with Gasteiger partial charge in [0.05, 0.1) is 0 Å². The van der Waals surface area contributed by atoms with E-state index in [2.05, 4.69) is 5.32 Å². The third kappa shape index (κ3) is 3.53. The zero-order valence-corrected chi connectivity index (χ0v) is 11.0. The molecular formula is C16H18FNO. The van der Waals surface area contributed by atoms with E-state index in [1.807, 2.05) is 31.2 Å². The van der Waals surface area contributed by atoms with Crippen molar-refractivity contribution in [3.05, 3.63) is 60.0 Å². The lowest BCUT2D eigenvalue weighted by molar-refractivity contribution is -0.116. The molecule has 1 amide bonds. The van der Waals surface area contributed by atoms with Crippen LogP contribution >= 0.6 is 0 Å². The normalized spacial score (nSPS) is 16.9. The molecule has 19 heavy (non-hydrogen) atoms. The Kier molecular flexibility index (Phi) is 4.15. The highest BCUT2D eigenvalue weighted by Gasteiger charge is 2.44. The van der Waals surface area contributed by atoms with Crippen molar-refractivity contribution in [1.82, 2.24) is 5.32 Å². The second-order valence-corrected chi connectivity index (χ2v) is 4.89. The van der Waals surface area contributed by atoms with Crippen LogP contribution in [0.5, 0.6) is 0 Å². The first-order chi connectivity index (χ1) is 9.16. The molecule has 0 atom stereocenters. The van der Waals surface area contributed by atoms with Crippen LogP contribution in [0.3, 0.4) is 0 Å². The van der Waals surface area contributed by atoms with Gasteiger partial charge in [0.1, 0.15) is 5.82 Å². The van der Waals surface area contributed by atoms with E-state index < -0.39 is 0 Å². The molecule has 1 fully saturated rings. The third-order valence-electron chi connectivity index (χ3n) is 3.46. The molecule has 3 heteroatoms. The van der Waals surface area contributed by atoms with Gasteiger partial charge in [0.25, 0.3) is 0 Å². The van der Waals surface area contributed by atoms with Crippen LogP contribution < -0.4 is 5.32 Å². The van der Waals surface area contributed by atoms with E-state index in [1.165, 1.54) is 18.2 Å². The maximum atomic E-state index is 12.9. The molecule has 0 saturated heterocycles. The smallest absolute Gasteiger partial charge is 0.244 e. The van der Waals surface area contributed by atoms with Gasteiger partial charge in [0.15, 0.2) is 0 Å². The summed E-state index contributed by atoms with van der Waals surface area (Å²) in [5.74, 6) is -0.315. The molecule has 0 unspecified atom stereocenters. The molecular weight excluding hydrogens is 241 g/mol. The van der Waals surface area contributed by atoms with E-state index in [0.717, 1.165) is 18.4 Å². The number of benzene rings is 1.